The standard InChI is InChI=1S/C19H21N3O6S2/c1-9-15(19(21)24)17-14(28-9)5-4-13(27-7-11-6-22-10(2)29-11)16(17)12(18(20)23)8-30(3,25)26/h4-6,12H,7-8H2,1-3H3,(H2,20,23)(H2,21,24). The number of nitrogens with zero attached hydrogens (tertiary/aromatic N) is 1. The van der Waals surface area contributed by atoms with Gasteiger partial charge in [0.15, 0.2) is 0 Å². The molecule has 2 amide bonds. The van der Waals surface area contributed by atoms with Crippen LogP contribution in [0.3, 0.4) is 0 Å². The first-order valence-electron chi connectivity index (χ1n) is 8.85. The summed E-state index contributed by atoms with van der Waals surface area (Å²) in [5, 5.41) is 1.09. The highest BCUT2D eigenvalue weighted by Crippen LogP contribution is 2.39. The lowest BCUT2D eigenvalue weighted by Crippen LogP contribution is -2.28. The lowest BCUT2D eigenvalue weighted by Gasteiger charge is -2.19. The Morgan fingerprint density at radius 2 is 1.97 bits per heavy atom. The van der Waals surface area contributed by atoms with Crippen LogP contribution in [0.2, 0.25) is 0 Å². The number of carbonyl (C=O) groups is 2. The number of hydrogen-bond donors (Lipinski definition) is 2. The number of aryl methyl sites for hydroxylation is 2. The minimum atomic E-state index is -3.60. The first kappa shape index (κ1) is 21.8. The summed E-state index contributed by atoms with van der Waals surface area (Å²) >= 11 is 1.44. The van der Waals surface area contributed by atoms with Crippen molar-refractivity contribution in [2.75, 3.05) is 12.0 Å². The molecule has 0 aliphatic rings. The van der Waals surface area contributed by atoms with E-state index in [1.807, 2.05) is 6.92 Å². The van der Waals surface area contributed by atoms with Crippen molar-refractivity contribution in [3.05, 3.63) is 45.1 Å². The Balaban J connectivity index is 2.24. The molecular formula is C19H21N3O6S2. The van der Waals surface area contributed by atoms with Crippen molar-refractivity contribution in [2.45, 2.75) is 26.4 Å². The van der Waals surface area contributed by atoms with Crippen LogP contribution < -0.4 is 16.2 Å². The molecule has 0 saturated heterocycles. The number of aromatic nitrogens is 1. The molecule has 2 aromatic heterocycles. The summed E-state index contributed by atoms with van der Waals surface area (Å²) in [5.41, 5.74) is 11.6. The van der Waals surface area contributed by atoms with E-state index in [0.717, 1.165) is 16.1 Å². The maximum absolute atomic E-state index is 12.3. The molecule has 9 nitrogen and oxygen atoms in total. The molecular weight excluding hydrogens is 430 g/mol. The van der Waals surface area contributed by atoms with E-state index in [9.17, 15) is 18.0 Å². The highest BCUT2D eigenvalue weighted by Gasteiger charge is 2.32. The van der Waals surface area contributed by atoms with Gasteiger partial charge >= 0.3 is 0 Å². The third kappa shape index (κ3) is 4.46. The molecule has 1 atom stereocenters. The zero-order valence-electron chi connectivity index (χ0n) is 16.6. The number of rotatable bonds is 8. The minimum Gasteiger partial charge on any atom is -0.488 e. The zero-order valence-corrected chi connectivity index (χ0v) is 18.2. The molecule has 0 aliphatic heterocycles. The Hall–Kier alpha value is -2.92. The van der Waals surface area contributed by atoms with Gasteiger partial charge in [0.25, 0.3) is 5.91 Å². The van der Waals surface area contributed by atoms with Gasteiger partial charge in [0, 0.05) is 23.4 Å². The number of benzene rings is 1. The quantitative estimate of drug-likeness (QED) is 0.529. The second-order valence-corrected chi connectivity index (χ2v) is 10.4. The van der Waals surface area contributed by atoms with Crippen LogP contribution in [0, 0.1) is 13.8 Å². The van der Waals surface area contributed by atoms with Crippen molar-refractivity contribution in [1.82, 2.24) is 4.98 Å². The Labute approximate surface area is 176 Å². The Morgan fingerprint density at radius 1 is 1.27 bits per heavy atom. The Kier molecular flexibility index (Phi) is 5.86. The van der Waals surface area contributed by atoms with E-state index in [1.54, 1.807) is 25.3 Å². The summed E-state index contributed by atoms with van der Waals surface area (Å²) in [4.78, 5) is 29.4. The lowest BCUT2D eigenvalue weighted by molar-refractivity contribution is -0.119. The first-order valence-corrected chi connectivity index (χ1v) is 11.7. The van der Waals surface area contributed by atoms with E-state index in [1.165, 1.54) is 11.3 Å². The van der Waals surface area contributed by atoms with Crippen molar-refractivity contribution < 1.29 is 27.2 Å². The van der Waals surface area contributed by atoms with Crippen LogP contribution in [0.5, 0.6) is 5.75 Å². The molecule has 2 heterocycles. The molecule has 0 fully saturated rings. The maximum Gasteiger partial charge on any atom is 0.252 e. The summed E-state index contributed by atoms with van der Waals surface area (Å²) in [7, 11) is -3.60. The average molecular weight is 452 g/mol. The van der Waals surface area contributed by atoms with Gasteiger partial charge in [0.1, 0.15) is 33.5 Å². The largest absolute Gasteiger partial charge is 0.488 e. The molecule has 1 aromatic carbocycles. The van der Waals surface area contributed by atoms with Gasteiger partial charge in [-0.05, 0) is 26.0 Å². The first-order chi connectivity index (χ1) is 14.0. The van der Waals surface area contributed by atoms with Crippen LogP contribution in [0.4, 0.5) is 0 Å². The van der Waals surface area contributed by atoms with Crippen molar-refractivity contribution in [3.63, 3.8) is 0 Å². The van der Waals surface area contributed by atoms with Crippen molar-refractivity contribution in [1.29, 1.82) is 0 Å². The second kappa shape index (κ2) is 8.07. The zero-order chi connectivity index (χ0) is 22.2. The Morgan fingerprint density at radius 3 is 2.50 bits per heavy atom. The van der Waals surface area contributed by atoms with E-state index >= 15 is 0 Å². The summed E-state index contributed by atoms with van der Waals surface area (Å²) < 4.78 is 35.5. The molecule has 3 aromatic rings. The number of hydrogen-bond acceptors (Lipinski definition) is 8. The normalized spacial score (nSPS) is 12.8. The molecule has 0 radical (unpaired) electrons. The van der Waals surface area contributed by atoms with Crippen LogP contribution in [0.1, 0.15) is 37.5 Å². The van der Waals surface area contributed by atoms with Gasteiger partial charge in [-0.3, -0.25) is 9.59 Å². The number of furan rings is 1. The van der Waals surface area contributed by atoms with Crippen molar-refractivity contribution in [3.8, 4) is 5.75 Å². The molecule has 1 unspecified atom stereocenters. The lowest BCUT2D eigenvalue weighted by atomic mass is 9.93. The van der Waals surface area contributed by atoms with Gasteiger partial charge in [-0.25, -0.2) is 13.4 Å². The van der Waals surface area contributed by atoms with E-state index in [-0.39, 0.29) is 40.2 Å². The molecule has 0 bridgehead atoms. The molecule has 160 valence electrons. The average Bonchev–Trinajstić information content (AvgIpc) is 3.18. The fourth-order valence-electron chi connectivity index (χ4n) is 3.32. The predicted octanol–water partition coefficient (Wildman–Crippen LogP) is 1.80. The van der Waals surface area contributed by atoms with Gasteiger partial charge in [-0.2, -0.15) is 0 Å². The summed E-state index contributed by atoms with van der Waals surface area (Å²) in [6.07, 6.45) is 2.66. The van der Waals surface area contributed by atoms with E-state index < -0.39 is 33.3 Å². The molecule has 3 rings (SSSR count). The van der Waals surface area contributed by atoms with E-state index in [2.05, 4.69) is 4.98 Å². The fourth-order valence-corrected chi connectivity index (χ4v) is 4.96. The van der Waals surface area contributed by atoms with Crippen LogP contribution in [0.15, 0.2) is 22.7 Å². The predicted molar refractivity (Wildman–Crippen MR) is 112 cm³/mol. The van der Waals surface area contributed by atoms with Crippen molar-refractivity contribution in [2.24, 2.45) is 11.5 Å². The number of amides is 2. The number of fused-ring (bicyclic) bond motifs is 1. The summed E-state index contributed by atoms with van der Waals surface area (Å²) in [5.74, 6) is -3.01. The molecule has 0 saturated carbocycles. The topological polar surface area (TPSA) is 156 Å². The number of thiazole rings is 1. The number of nitrogens with two attached hydrogens (primary N) is 2. The molecule has 11 heteroatoms. The highest BCUT2D eigenvalue weighted by atomic mass is 32.2. The van der Waals surface area contributed by atoms with Gasteiger partial charge in [-0.15, -0.1) is 11.3 Å². The Bertz CT molecular complexity index is 1240. The van der Waals surface area contributed by atoms with Crippen LogP contribution in [0.25, 0.3) is 11.0 Å². The van der Waals surface area contributed by atoms with Crippen LogP contribution in [-0.2, 0) is 21.2 Å². The van der Waals surface area contributed by atoms with Crippen LogP contribution in [-0.4, -0.2) is 37.2 Å². The van der Waals surface area contributed by atoms with E-state index in [0.29, 0.717) is 0 Å². The molecule has 30 heavy (non-hydrogen) atoms. The summed E-state index contributed by atoms with van der Waals surface area (Å²) in [6, 6.07) is 3.13. The number of ether oxygens (including phenoxy) is 1. The third-order valence-electron chi connectivity index (χ3n) is 4.48. The van der Waals surface area contributed by atoms with Gasteiger partial charge in [0.05, 0.1) is 27.1 Å². The SMILES string of the molecule is Cc1ncc(COc2ccc3oc(C)c(C(N)=O)c3c2C(CS(C)(=O)=O)C(N)=O)s1. The monoisotopic (exact) mass is 451 g/mol. The smallest absolute Gasteiger partial charge is 0.252 e. The summed E-state index contributed by atoms with van der Waals surface area (Å²) in [6.45, 7) is 3.55. The van der Waals surface area contributed by atoms with Crippen LogP contribution >= 0.6 is 11.3 Å². The number of primary amides is 2. The minimum absolute atomic E-state index is 0.0545. The fraction of sp³-hybridized carbons (Fsp3) is 0.316. The van der Waals surface area contributed by atoms with Gasteiger partial charge in [0.2, 0.25) is 5.91 Å². The second-order valence-electron chi connectivity index (χ2n) is 6.93. The van der Waals surface area contributed by atoms with Gasteiger partial charge < -0.3 is 20.6 Å². The molecule has 4 N–H and O–H groups in total. The number of sulfone groups is 1. The van der Waals surface area contributed by atoms with Gasteiger partial charge in [-0.1, -0.05) is 0 Å². The molecule has 0 aliphatic carbocycles. The van der Waals surface area contributed by atoms with Crippen molar-refractivity contribution >= 4 is 44.0 Å². The van der Waals surface area contributed by atoms with E-state index in [4.69, 9.17) is 20.6 Å². The molecule has 0 spiro atoms. The number of carbonyl (C=O) groups excluding carboxylic acids is 2. The maximum atomic E-state index is 12.3. The highest BCUT2D eigenvalue weighted by molar-refractivity contribution is 7.90. The third-order valence-corrected chi connectivity index (χ3v) is 6.30.